The van der Waals surface area contributed by atoms with Crippen molar-refractivity contribution >= 4 is 46.4 Å². The Morgan fingerprint density at radius 2 is 1.52 bits per heavy atom. The first-order valence-electron chi connectivity index (χ1n) is 7.62. The number of halogens is 2. The predicted octanol–water partition coefficient (Wildman–Crippen LogP) is 3.82. The van der Waals surface area contributed by atoms with Crippen LogP contribution in [0.1, 0.15) is 18.4 Å². The van der Waals surface area contributed by atoms with E-state index in [0.29, 0.717) is 21.4 Å². The zero-order chi connectivity index (χ0) is 17.6. The number of imide groups is 1. The Balaban J connectivity index is 1.60. The SMILES string of the molecule is O=C1C[C@@]2(CC(c3ccc(Cl)cc3)=NO2)C(=O)N1c1ccc(Cl)cc1. The summed E-state index contributed by atoms with van der Waals surface area (Å²) < 4.78 is 0. The molecule has 0 aromatic heterocycles. The number of hydrogen-bond acceptors (Lipinski definition) is 4. The first-order chi connectivity index (χ1) is 12.0. The van der Waals surface area contributed by atoms with Crippen molar-refractivity contribution in [1.29, 1.82) is 0 Å². The molecule has 5 nitrogen and oxygen atoms in total. The van der Waals surface area contributed by atoms with Gasteiger partial charge in [-0.25, -0.2) is 4.90 Å². The average Bonchev–Trinajstić information content (AvgIpc) is 3.12. The highest BCUT2D eigenvalue weighted by Crippen LogP contribution is 2.39. The van der Waals surface area contributed by atoms with Gasteiger partial charge in [0, 0.05) is 16.5 Å². The molecule has 4 rings (SSSR count). The third kappa shape index (κ3) is 2.69. The first kappa shape index (κ1) is 16.1. The van der Waals surface area contributed by atoms with Crippen LogP contribution in [0.4, 0.5) is 5.69 Å². The Bertz CT molecular complexity index is 894. The largest absolute Gasteiger partial charge is 0.378 e. The quantitative estimate of drug-likeness (QED) is 0.750. The molecule has 0 unspecified atom stereocenters. The van der Waals surface area contributed by atoms with Crippen LogP contribution in [0.25, 0.3) is 0 Å². The lowest BCUT2D eigenvalue weighted by molar-refractivity contribution is -0.136. The van der Waals surface area contributed by atoms with Gasteiger partial charge in [-0.05, 0) is 42.0 Å². The van der Waals surface area contributed by atoms with Crippen LogP contribution in [0.2, 0.25) is 10.0 Å². The van der Waals surface area contributed by atoms with Gasteiger partial charge in [-0.2, -0.15) is 0 Å². The van der Waals surface area contributed by atoms with Crippen LogP contribution in [-0.2, 0) is 14.4 Å². The standard InChI is InChI=1S/C18H12Cl2N2O3/c19-12-3-1-11(2-4-12)15-9-18(25-21-15)10-16(23)22(17(18)24)14-7-5-13(20)6-8-14/h1-8H,9-10H2/t18-/m0/s1. The Kier molecular flexibility index (Phi) is 3.78. The molecule has 7 heteroatoms. The highest BCUT2D eigenvalue weighted by Gasteiger charge is 2.58. The summed E-state index contributed by atoms with van der Waals surface area (Å²) >= 11 is 11.8. The number of anilines is 1. The van der Waals surface area contributed by atoms with E-state index in [1.54, 1.807) is 36.4 Å². The number of oxime groups is 1. The Morgan fingerprint density at radius 1 is 0.920 bits per heavy atom. The number of nitrogens with zero attached hydrogens (tertiary/aromatic N) is 2. The van der Waals surface area contributed by atoms with Gasteiger partial charge in [-0.1, -0.05) is 40.5 Å². The molecule has 0 N–H and O–H groups in total. The van der Waals surface area contributed by atoms with Crippen molar-refractivity contribution in [2.24, 2.45) is 5.16 Å². The van der Waals surface area contributed by atoms with Gasteiger partial charge in [0.05, 0.1) is 17.8 Å². The lowest BCUT2D eigenvalue weighted by atomic mass is 9.92. The number of rotatable bonds is 2. The fraction of sp³-hybridized carbons (Fsp3) is 0.167. The molecular formula is C18H12Cl2N2O3. The molecule has 25 heavy (non-hydrogen) atoms. The summed E-state index contributed by atoms with van der Waals surface area (Å²) in [6.45, 7) is 0. The molecule has 0 radical (unpaired) electrons. The third-order valence-electron chi connectivity index (χ3n) is 4.32. The van der Waals surface area contributed by atoms with Crippen molar-refractivity contribution in [2.75, 3.05) is 4.90 Å². The van der Waals surface area contributed by atoms with Crippen molar-refractivity contribution < 1.29 is 14.4 Å². The van der Waals surface area contributed by atoms with Gasteiger partial charge in [0.25, 0.3) is 5.91 Å². The lowest BCUT2D eigenvalue weighted by Gasteiger charge is -2.19. The molecule has 1 atom stereocenters. The van der Waals surface area contributed by atoms with Crippen LogP contribution in [0.15, 0.2) is 53.7 Å². The van der Waals surface area contributed by atoms with Crippen molar-refractivity contribution in [2.45, 2.75) is 18.4 Å². The van der Waals surface area contributed by atoms with Crippen LogP contribution in [0.3, 0.4) is 0 Å². The molecule has 1 saturated heterocycles. The topological polar surface area (TPSA) is 59.0 Å². The zero-order valence-electron chi connectivity index (χ0n) is 12.9. The van der Waals surface area contributed by atoms with E-state index >= 15 is 0 Å². The molecule has 2 aliphatic heterocycles. The number of carbonyl (C=O) groups excluding carboxylic acids is 2. The molecule has 126 valence electrons. The van der Waals surface area contributed by atoms with E-state index in [9.17, 15) is 9.59 Å². The second kappa shape index (κ2) is 5.86. The van der Waals surface area contributed by atoms with Crippen LogP contribution in [0.5, 0.6) is 0 Å². The molecule has 2 aliphatic rings. The minimum absolute atomic E-state index is 0.0466. The maximum Gasteiger partial charge on any atom is 0.281 e. The third-order valence-corrected chi connectivity index (χ3v) is 4.83. The highest BCUT2D eigenvalue weighted by molar-refractivity contribution is 6.31. The predicted molar refractivity (Wildman–Crippen MR) is 95.0 cm³/mol. The Hall–Kier alpha value is -2.37. The van der Waals surface area contributed by atoms with Crippen molar-refractivity contribution in [3.05, 3.63) is 64.1 Å². The number of hydrogen-bond donors (Lipinski definition) is 0. The fourth-order valence-electron chi connectivity index (χ4n) is 3.05. The molecule has 0 aliphatic carbocycles. The fourth-order valence-corrected chi connectivity index (χ4v) is 3.30. The van der Waals surface area contributed by atoms with Crippen LogP contribution in [-0.4, -0.2) is 23.1 Å². The second-order valence-corrected chi connectivity index (χ2v) is 6.87. The van der Waals surface area contributed by atoms with Crippen molar-refractivity contribution in [3.8, 4) is 0 Å². The summed E-state index contributed by atoms with van der Waals surface area (Å²) in [5, 5.41) is 5.19. The van der Waals surface area contributed by atoms with E-state index in [-0.39, 0.29) is 18.7 Å². The van der Waals surface area contributed by atoms with Crippen molar-refractivity contribution in [1.82, 2.24) is 0 Å². The van der Waals surface area contributed by atoms with E-state index in [0.717, 1.165) is 10.5 Å². The maximum absolute atomic E-state index is 12.9. The number of amides is 2. The zero-order valence-corrected chi connectivity index (χ0v) is 14.4. The van der Waals surface area contributed by atoms with E-state index in [2.05, 4.69) is 5.16 Å². The highest BCUT2D eigenvalue weighted by atomic mass is 35.5. The Morgan fingerprint density at radius 3 is 2.16 bits per heavy atom. The first-order valence-corrected chi connectivity index (χ1v) is 8.38. The van der Waals surface area contributed by atoms with Crippen LogP contribution in [0, 0.1) is 0 Å². The van der Waals surface area contributed by atoms with E-state index in [1.807, 2.05) is 12.1 Å². The summed E-state index contributed by atoms with van der Waals surface area (Å²) in [5.74, 6) is -0.729. The molecular weight excluding hydrogens is 363 g/mol. The molecule has 1 fully saturated rings. The van der Waals surface area contributed by atoms with Gasteiger partial charge in [0.15, 0.2) is 0 Å². The minimum atomic E-state index is -1.27. The van der Waals surface area contributed by atoms with Gasteiger partial charge in [0.1, 0.15) is 0 Å². The molecule has 2 amide bonds. The number of benzene rings is 2. The summed E-state index contributed by atoms with van der Waals surface area (Å²) in [6.07, 6.45) is 0.193. The van der Waals surface area contributed by atoms with Gasteiger partial charge in [-0.3, -0.25) is 9.59 Å². The van der Waals surface area contributed by atoms with Crippen LogP contribution < -0.4 is 4.90 Å². The molecule has 2 aromatic carbocycles. The second-order valence-electron chi connectivity index (χ2n) is 5.99. The molecule has 1 spiro atoms. The van der Waals surface area contributed by atoms with Gasteiger partial charge in [0.2, 0.25) is 11.5 Å². The maximum atomic E-state index is 12.9. The lowest BCUT2D eigenvalue weighted by Crippen LogP contribution is -2.40. The summed E-state index contributed by atoms with van der Waals surface area (Å²) in [5.41, 5.74) is 0.633. The van der Waals surface area contributed by atoms with E-state index in [1.165, 1.54) is 0 Å². The van der Waals surface area contributed by atoms with Crippen molar-refractivity contribution in [3.63, 3.8) is 0 Å². The van der Waals surface area contributed by atoms with Gasteiger partial charge in [-0.15, -0.1) is 0 Å². The molecule has 0 bridgehead atoms. The minimum Gasteiger partial charge on any atom is -0.378 e. The Labute approximate surface area is 153 Å². The average molecular weight is 375 g/mol. The van der Waals surface area contributed by atoms with Gasteiger partial charge >= 0.3 is 0 Å². The summed E-state index contributed by atoms with van der Waals surface area (Å²) in [4.78, 5) is 32.0. The van der Waals surface area contributed by atoms with Crippen LogP contribution >= 0.6 is 23.2 Å². The normalized spacial score (nSPS) is 22.5. The summed E-state index contributed by atoms with van der Waals surface area (Å²) in [7, 11) is 0. The van der Waals surface area contributed by atoms with E-state index in [4.69, 9.17) is 28.0 Å². The van der Waals surface area contributed by atoms with Gasteiger partial charge < -0.3 is 4.84 Å². The smallest absolute Gasteiger partial charge is 0.281 e. The number of carbonyl (C=O) groups is 2. The molecule has 2 heterocycles. The molecule has 0 saturated carbocycles. The summed E-state index contributed by atoms with van der Waals surface area (Å²) in [6, 6.07) is 13.6. The van der Waals surface area contributed by atoms with E-state index < -0.39 is 11.5 Å². The monoisotopic (exact) mass is 374 g/mol. The molecule has 2 aromatic rings.